The number of aromatic nitrogens is 4. The normalized spacial score (nSPS) is 17.8. The first-order chi connectivity index (χ1) is 16.4. The van der Waals surface area contributed by atoms with Gasteiger partial charge >= 0.3 is 0 Å². The first-order valence-electron chi connectivity index (χ1n) is 10.6. The maximum atomic E-state index is 14.2. The highest BCUT2D eigenvalue weighted by Crippen LogP contribution is 2.23. The van der Waals surface area contributed by atoms with Crippen molar-refractivity contribution in [2.45, 2.75) is 31.7 Å². The third kappa shape index (κ3) is 4.92. The number of amides is 2. The highest BCUT2D eigenvalue weighted by Gasteiger charge is 2.39. The molecule has 2 aromatic heterocycles. The van der Waals surface area contributed by atoms with Crippen LogP contribution < -0.4 is 16.4 Å². The summed E-state index contributed by atoms with van der Waals surface area (Å²) in [6.07, 6.45) is 1.28. The molecule has 2 unspecified atom stereocenters. The standard InChI is InChI=1S/C21H23ClF2N8O2/c22-14-3-1-2-12(17(14)24)7-27-21(34)15-6-13(23)8-32(15)16(33)9-31-11-30-18-19(26-5-4-25)28-10-29-20(18)31/h1-3,10-11,13,15H,4-9,25H2,(H,27,34)(H,26,28,29). The van der Waals surface area contributed by atoms with Crippen molar-refractivity contribution in [3.8, 4) is 0 Å². The summed E-state index contributed by atoms with van der Waals surface area (Å²) < 4.78 is 29.8. The van der Waals surface area contributed by atoms with Crippen LogP contribution in [0.15, 0.2) is 30.9 Å². The van der Waals surface area contributed by atoms with Gasteiger partial charge in [0, 0.05) is 31.6 Å². The monoisotopic (exact) mass is 492 g/mol. The number of fused-ring (bicyclic) bond motifs is 1. The SMILES string of the molecule is NCCNc1ncnc2c1ncn2CC(=O)N1CC(F)CC1C(=O)NCc1cccc(Cl)c1F. The number of rotatable bonds is 8. The number of nitrogens with one attached hydrogen (secondary N) is 2. The third-order valence-corrected chi connectivity index (χ3v) is 5.79. The Kier molecular flexibility index (Phi) is 7.17. The summed E-state index contributed by atoms with van der Waals surface area (Å²) in [6, 6.07) is 3.43. The molecule has 1 aliphatic heterocycles. The Morgan fingerprint density at radius 1 is 1.26 bits per heavy atom. The molecule has 0 spiro atoms. The molecule has 180 valence electrons. The van der Waals surface area contributed by atoms with Gasteiger partial charge in [-0.15, -0.1) is 0 Å². The van der Waals surface area contributed by atoms with Crippen LogP contribution in [-0.4, -0.2) is 68.1 Å². The van der Waals surface area contributed by atoms with Gasteiger partial charge in [0.05, 0.1) is 17.9 Å². The van der Waals surface area contributed by atoms with E-state index in [1.807, 2.05) is 0 Å². The molecule has 4 N–H and O–H groups in total. The van der Waals surface area contributed by atoms with Crippen molar-refractivity contribution in [2.24, 2.45) is 5.73 Å². The van der Waals surface area contributed by atoms with E-state index in [0.717, 1.165) is 0 Å². The minimum atomic E-state index is -1.35. The first-order valence-corrected chi connectivity index (χ1v) is 11.0. The van der Waals surface area contributed by atoms with E-state index in [-0.39, 0.29) is 36.6 Å². The number of nitrogens with zero attached hydrogens (tertiary/aromatic N) is 5. The zero-order valence-electron chi connectivity index (χ0n) is 18.0. The molecule has 13 heteroatoms. The number of hydrogen-bond acceptors (Lipinski definition) is 7. The highest BCUT2D eigenvalue weighted by atomic mass is 35.5. The van der Waals surface area contributed by atoms with Gasteiger partial charge in [0.15, 0.2) is 11.5 Å². The second-order valence-electron chi connectivity index (χ2n) is 7.81. The van der Waals surface area contributed by atoms with Crippen molar-refractivity contribution in [2.75, 3.05) is 25.0 Å². The zero-order valence-corrected chi connectivity index (χ0v) is 18.8. The lowest BCUT2D eigenvalue weighted by molar-refractivity contribution is -0.139. The first kappa shape index (κ1) is 23.8. The molecule has 4 rings (SSSR count). The summed E-state index contributed by atoms with van der Waals surface area (Å²) in [4.78, 5) is 39.5. The van der Waals surface area contributed by atoms with Gasteiger partial charge in [-0.3, -0.25) is 9.59 Å². The van der Waals surface area contributed by atoms with Crippen molar-refractivity contribution < 1.29 is 18.4 Å². The van der Waals surface area contributed by atoms with Gasteiger partial charge in [-0.25, -0.2) is 23.7 Å². The molecule has 2 atom stereocenters. The molecule has 34 heavy (non-hydrogen) atoms. The maximum Gasteiger partial charge on any atom is 0.243 e. The molecular formula is C21H23ClF2N8O2. The average Bonchev–Trinajstić information content (AvgIpc) is 3.42. The van der Waals surface area contributed by atoms with Gasteiger partial charge in [-0.2, -0.15) is 0 Å². The summed E-state index contributed by atoms with van der Waals surface area (Å²) in [5.74, 6) is -1.19. The van der Waals surface area contributed by atoms with Crippen LogP contribution >= 0.6 is 11.6 Å². The Balaban J connectivity index is 1.45. The predicted octanol–water partition coefficient (Wildman–Crippen LogP) is 1.24. The number of carbonyl (C=O) groups is 2. The van der Waals surface area contributed by atoms with E-state index in [0.29, 0.717) is 30.1 Å². The fourth-order valence-electron chi connectivity index (χ4n) is 3.85. The van der Waals surface area contributed by atoms with Gasteiger partial charge < -0.3 is 25.8 Å². The van der Waals surface area contributed by atoms with E-state index >= 15 is 0 Å². The fourth-order valence-corrected chi connectivity index (χ4v) is 4.04. The smallest absolute Gasteiger partial charge is 0.243 e. The lowest BCUT2D eigenvalue weighted by atomic mass is 10.1. The Labute approximate surface area is 198 Å². The van der Waals surface area contributed by atoms with Crippen LogP contribution in [0.5, 0.6) is 0 Å². The maximum absolute atomic E-state index is 14.2. The number of halogens is 3. The Morgan fingerprint density at radius 3 is 2.88 bits per heavy atom. The number of hydrogen-bond donors (Lipinski definition) is 3. The van der Waals surface area contributed by atoms with E-state index in [1.165, 1.54) is 34.3 Å². The van der Waals surface area contributed by atoms with Gasteiger partial charge in [0.2, 0.25) is 11.8 Å². The number of imidazole rings is 1. The van der Waals surface area contributed by atoms with Gasteiger partial charge in [-0.05, 0) is 6.07 Å². The van der Waals surface area contributed by atoms with Crippen LogP contribution in [0.25, 0.3) is 11.2 Å². The van der Waals surface area contributed by atoms with E-state index in [1.54, 1.807) is 6.07 Å². The van der Waals surface area contributed by atoms with Crippen molar-refractivity contribution in [1.29, 1.82) is 0 Å². The molecule has 0 radical (unpaired) electrons. The van der Waals surface area contributed by atoms with Crippen LogP contribution in [0, 0.1) is 5.82 Å². The van der Waals surface area contributed by atoms with Crippen LogP contribution in [0.2, 0.25) is 5.02 Å². The molecule has 0 bridgehead atoms. The van der Waals surface area contributed by atoms with Crippen LogP contribution in [0.4, 0.5) is 14.6 Å². The highest BCUT2D eigenvalue weighted by molar-refractivity contribution is 6.30. The summed E-state index contributed by atoms with van der Waals surface area (Å²) in [6.45, 7) is 0.343. The average molecular weight is 493 g/mol. The Morgan fingerprint density at radius 2 is 2.09 bits per heavy atom. The fraction of sp³-hybridized carbons (Fsp3) is 0.381. The van der Waals surface area contributed by atoms with Crippen molar-refractivity contribution in [1.82, 2.24) is 29.7 Å². The molecule has 0 saturated carbocycles. The number of anilines is 1. The van der Waals surface area contributed by atoms with Crippen molar-refractivity contribution in [3.63, 3.8) is 0 Å². The molecule has 1 aliphatic rings. The molecule has 1 aromatic carbocycles. The molecule has 1 saturated heterocycles. The third-order valence-electron chi connectivity index (χ3n) is 5.50. The van der Waals surface area contributed by atoms with E-state index in [4.69, 9.17) is 17.3 Å². The lowest BCUT2D eigenvalue weighted by Gasteiger charge is -2.24. The molecule has 2 amide bonds. The van der Waals surface area contributed by atoms with Crippen molar-refractivity contribution in [3.05, 3.63) is 47.3 Å². The molecular weight excluding hydrogens is 470 g/mol. The quantitative estimate of drug-likeness (QED) is 0.431. The second kappa shape index (κ2) is 10.3. The van der Waals surface area contributed by atoms with E-state index in [9.17, 15) is 18.4 Å². The number of alkyl halides is 1. The zero-order chi connectivity index (χ0) is 24.2. The van der Waals surface area contributed by atoms with Gasteiger partial charge in [0.25, 0.3) is 0 Å². The number of carbonyl (C=O) groups excluding carboxylic acids is 2. The number of likely N-dealkylation sites (tertiary alicyclic amines) is 1. The Hall–Kier alpha value is -3.38. The molecule has 10 nitrogen and oxygen atoms in total. The van der Waals surface area contributed by atoms with Crippen LogP contribution in [0.1, 0.15) is 12.0 Å². The van der Waals surface area contributed by atoms with E-state index in [2.05, 4.69) is 25.6 Å². The largest absolute Gasteiger partial charge is 0.367 e. The minimum absolute atomic E-state index is 0.0639. The van der Waals surface area contributed by atoms with Crippen LogP contribution in [0.3, 0.4) is 0 Å². The van der Waals surface area contributed by atoms with Crippen molar-refractivity contribution >= 4 is 40.4 Å². The molecule has 3 aromatic rings. The number of benzene rings is 1. The summed E-state index contributed by atoms with van der Waals surface area (Å²) in [5.41, 5.74) is 6.58. The lowest BCUT2D eigenvalue weighted by Crippen LogP contribution is -2.46. The molecule has 0 aliphatic carbocycles. The number of nitrogens with two attached hydrogens (primary N) is 1. The summed E-state index contributed by atoms with van der Waals surface area (Å²) >= 11 is 5.77. The van der Waals surface area contributed by atoms with Gasteiger partial charge in [-0.1, -0.05) is 23.7 Å². The van der Waals surface area contributed by atoms with E-state index < -0.39 is 29.8 Å². The summed E-state index contributed by atoms with van der Waals surface area (Å²) in [5, 5.41) is 5.55. The van der Waals surface area contributed by atoms with Crippen LogP contribution in [-0.2, 0) is 22.7 Å². The minimum Gasteiger partial charge on any atom is -0.367 e. The predicted molar refractivity (Wildman–Crippen MR) is 121 cm³/mol. The Bertz CT molecular complexity index is 1210. The molecule has 1 fully saturated rings. The second-order valence-corrected chi connectivity index (χ2v) is 8.22. The molecule has 3 heterocycles. The summed E-state index contributed by atoms with van der Waals surface area (Å²) in [7, 11) is 0. The van der Waals surface area contributed by atoms with Gasteiger partial charge in [0.1, 0.15) is 36.4 Å². The topological polar surface area (TPSA) is 131 Å².